The predicted molar refractivity (Wildman–Crippen MR) is 131 cm³/mol. The van der Waals surface area contributed by atoms with Gasteiger partial charge >= 0.3 is 0 Å². The van der Waals surface area contributed by atoms with Gasteiger partial charge in [0.25, 0.3) is 0 Å². The van der Waals surface area contributed by atoms with Crippen molar-refractivity contribution in [3.05, 3.63) is 0 Å². The fourth-order valence-corrected chi connectivity index (χ4v) is 4.08. The van der Waals surface area contributed by atoms with Crippen molar-refractivity contribution < 1.29 is 2.74 Å². The molecule has 168 valence electrons. The van der Waals surface area contributed by atoms with Gasteiger partial charge in [-0.2, -0.15) is 0 Å². The highest BCUT2D eigenvalue weighted by Gasteiger charge is 2.14. The molecule has 3 fully saturated rings. The summed E-state index contributed by atoms with van der Waals surface area (Å²) in [6, 6.07) is 0. The van der Waals surface area contributed by atoms with E-state index in [-0.39, 0.29) is 22.3 Å². The first-order valence-corrected chi connectivity index (χ1v) is 11.0. The molecule has 0 unspecified atom stereocenters. The Bertz CT molecular complexity index is 274. The van der Waals surface area contributed by atoms with Crippen molar-refractivity contribution in [3.8, 4) is 0 Å². The molecule has 0 atom stereocenters. The van der Waals surface area contributed by atoms with Crippen LogP contribution in [0.3, 0.4) is 0 Å². The quantitative estimate of drug-likeness (QED) is 0.387. The van der Waals surface area contributed by atoms with Gasteiger partial charge in [0.05, 0.1) is 0 Å². The summed E-state index contributed by atoms with van der Waals surface area (Å²) < 4.78 is 14.3. The van der Waals surface area contributed by atoms with Gasteiger partial charge in [0.1, 0.15) is 0 Å². The molecule has 0 N–H and O–H groups in total. The summed E-state index contributed by atoms with van der Waals surface area (Å²) in [5.74, 6) is 5.39. The lowest BCUT2D eigenvalue weighted by atomic mass is 9.84. The standard InChI is InChI=1S/3C8H16.3CH4/c3*1-7-3-5-8(2)6-4-7;;;/h3*7-8H,3-6H2,1-2H3;3*1H4/i2*1T;;;;. The highest BCUT2D eigenvalue weighted by Crippen LogP contribution is 2.28. The Morgan fingerprint density at radius 2 is 0.519 bits per heavy atom. The van der Waals surface area contributed by atoms with Crippen LogP contribution < -0.4 is 0 Å². The summed E-state index contributed by atoms with van der Waals surface area (Å²) in [7, 11) is 0. The van der Waals surface area contributed by atoms with Gasteiger partial charge in [-0.1, -0.05) is 141 Å². The molecular formula is C27H60. The van der Waals surface area contributed by atoms with Crippen LogP contribution in [-0.4, -0.2) is 0 Å². The van der Waals surface area contributed by atoms with Gasteiger partial charge in [-0.25, -0.2) is 0 Å². The summed E-state index contributed by atoms with van der Waals surface area (Å²) in [6.07, 6.45) is 16.6. The smallest absolute Gasteiger partial charge is 0.0233 e. The van der Waals surface area contributed by atoms with Crippen molar-refractivity contribution in [1.29, 1.82) is 0 Å². The van der Waals surface area contributed by atoms with Crippen molar-refractivity contribution in [2.24, 2.45) is 35.5 Å². The lowest BCUT2D eigenvalue weighted by Crippen LogP contribution is -2.08. The highest BCUT2D eigenvalue weighted by atomic mass is 14.2. The topological polar surface area (TPSA) is 0 Å². The maximum Gasteiger partial charge on any atom is 0.0233 e. The number of hydrogen-bond acceptors (Lipinski definition) is 0. The van der Waals surface area contributed by atoms with Crippen LogP contribution in [-0.2, 0) is 0 Å². The fraction of sp³-hybridized carbons (Fsp3) is 1.00. The molecule has 3 aliphatic rings. The van der Waals surface area contributed by atoms with E-state index in [1.807, 2.05) is 0 Å². The van der Waals surface area contributed by atoms with E-state index in [4.69, 9.17) is 2.74 Å². The Morgan fingerprint density at radius 1 is 0.370 bits per heavy atom. The zero-order chi connectivity index (χ0) is 19.4. The van der Waals surface area contributed by atoms with E-state index < -0.39 is 0 Å². The number of hydrogen-bond donors (Lipinski definition) is 0. The van der Waals surface area contributed by atoms with E-state index in [9.17, 15) is 0 Å². The van der Waals surface area contributed by atoms with Crippen LogP contribution in [0, 0.1) is 35.5 Å². The second kappa shape index (κ2) is 18.1. The molecule has 0 nitrogen and oxygen atoms in total. The van der Waals surface area contributed by atoms with Gasteiger partial charge in [-0.05, 0) is 35.5 Å². The molecule has 0 amide bonds. The Hall–Kier alpha value is 0. The average molecular weight is 389 g/mol. The van der Waals surface area contributed by atoms with Gasteiger partial charge in [0.2, 0.25) is 0 Å². The lowest BCUT2D eigenvalue weighted by Gasteiger charge is -2.22. The Balaban J connectivity index is -0.000000333. The second-order valence-corrected chi connectivity index (χ2v) is 9.62. The normalized spacial score (nSPS) is 36.3. The van der Waals surface area contributed by atoms with E-state index >= 15 is 0 Å². The molecule has 3 saturated carbocycles. The van der Waals surface area contributed by atoms with Crippen molar-refractivity contribution >= 4 is 0 Å². The molecule has 3 aliphatic carbocycles. The van der Waals surface area contributed by atoms with Gasteiger partial charge in [0.15, 0.2) is 0 Å². The SMILES string of the molecule is C.C.C.CC1CCC(C)CC1.[3H]CC1CCC(C)CC1.[3H]CC1CCC(C)CC1. The Kier molecular flexibility index (Phi) is 18.1. The van der Waals surface area contributed by atoms with E-state index in [1.165, 1.54) is 77.0 Å². The lowest BCUT2D eigenvalue weighted by molar-refractivity contribution is 0.308. The zero-order valence-corrected chi connectivity index (χ0v) is 17.4. The summed E-state index contributed by atoms with van der Waals surface area (Å²) in [4.78, 5) is 0. The third kappa shape index (κ3) is 16.6. The van der Waals surface area contributed by atoms with Crippen molar-refractivity contribution in [1.82, 2.24) is 0 Å². The average Bonchev–Trinajstić information content (AvgIpc) is 2.66. The Labute approximate surface area is 179 Å². The van der Waals surface area contributed by atoms with E-state index in [1.54, 1.807) is 0 Å². The molecule has 0 aliphatic heterocycles. The first kappa shape index (κ1) is 27.0. The van der Waals surface area contributed by atoms with Gasteiger partial charge in [0, 0.05) is 2.74 Å². The summed E-state index contributed by atoms with van der Waals surface area (Å²) in [5.41, 5.74) is 0. The predicted octanol–water partition coefficient (Wildman–Crippen LogP) is 10.4. The summed E-state index contributed by atoms with van der Waals surface area (Å²) >= 11 is 0. The molecule has 27 heavy (non-hydrogen) atoms. The minimum Gasteiger partial charge on any atom is -0.0776 e. The molecule has 0 heteroatoms. The zero-order valence-electron chi connectivity index (χ0n) is 19.4. The monoisotopic (exact) mass is 388 g/mol. The van der Waals surface area contributed by atoms with Crippen LogP contribution in [0.15, 0.2) is 0 Å². The fourth-order valence-electron chi connectivity index (χ4n) is 4.08. The molecule has 0 heterocycles. The maximum atomic E-state index is 7.16. The summed E-state index contributed by atoms with van der Waals surface area (Å²) in [5, 5.41) is 0. The van der Waals surface area contributed by atoms with Crippen molar-refractivity contribution in [2.45, 2.75) is 141 Å². The Morgan fingerprint density at radius 3 is 0.667 bits per heavy atom. The van der Waals surface area contributed by atoms with Gasteiger partial charge in [-0.15, -0.1) is 0 Å². The van der Waals surface area contributed by atoms with Gasteiger partial charge < -0.3 is 0 Å². The van der Waals surface area contributed by atoms with E-state index in [0.29, 0.717) is 13.8 Å². The third-order valence-corrected chi connectivity index (χ3v) is 6.58. The van der Waals surface area contributed by atoms with Crippen molar-refractivity contribution in [3.63, 3.8) is 0 Å². The molecule has 0 aromatic rings. The first-order chi connectivity index (χ1) is 12.4. The molecule has 0 saturated heterocycles. The van der Waals surface area contributed by atoms with Crippen molar-refractivity contribution in [2.75, 3.05) is 0 Å². The number of rotatable bonds is 0. The van der Waals surface area contributed by atoms with Crippen LogP contribution in [0.4, 0.5) is 0 Å². The second-order valence-electron chi connectivity index (χ2n) is 9.62. The molecule has 0 aromatic carbocycles. The molecule has 0 spiro atoms. The molecule has 3 rings (SSSR count). The molecular weight excluding hydrogens is 324 g/mol. The van der Waals surface area contributed by atoms with E-state index in [0.717, 1.165) is 35.5 Å². The van der Waals surface area contributed by atoms with Crippen LogP contribution in [0.25, 0.3) is 0 Å². The molecule has 0 radical (unpaired) electrons. The van der Waals surface area contributed by atoms with E-state index in [2.05, 4.69) is 27.7 Å². The summed E-state index contributed by atoms with van der Waals surface area (Å²) in [6.45, 7) is 10.7. The van der Waals surface area contributed by atoms with Crippen LogP contribution in [0.2, 0.25) is 0 Å². The minimum atomic E-state index is 0. The van der Waals surface area contributed by atoms with Crippen LogP contribution in [0.1, 0.15) is 144 Å². The molecule has 0 aromatic heterocycles. The minimum absolute atomic E-state index is 0. The first-order valence-electron chi connectivity index (χ1n) is 12.4. The molecule has 0 bridgehead atoms. The third-order valence-electron chi connectivity index (χ3n) is 6.58. The van der Waals surface area contributed by atoms with Crippen LogP contribution in [0.5, 0.6) is 0 Å². The highest BCUT2D eigenvalue weighted by molar-refractivity contribution is 4.67. The van der Waals surface area contributed by atoms with Gasteiger partial charge in [-0.3, -0.25) is 0 Å². The van der Waals surface area contributed by atoms with Crippen LogP contribution >= 0.6 is 0 Å². The largest absolute Gasteiger partial charge is 0.0776 e. The maximum absolute atomic E-state index is 7.16.